The lowest BCUT2D eigenvalue weighted by Gasteiger charge is -2.33. The van der Waals surface area contributed by atoms with Crippen LogP contribution in [-0.4, -0.2) is 64.1 Å². The molecule has 0 spiro atoms. The third-order valence-corrected chi connectivity index (χ3v) is 9.35. The van der Waals surface area contributed by atoms with E-state index in [-0.39, 0.29) is 23.1 Å². The summed E-state index contributed by atoms with van der Waals surface area (Å²) in [5.41, 5.74) is 0.628. The zero-order valence-corrected chi connectivity index (χ0v) is 22.4. The Morgan fingerprint density at radius 2 is 2.17 bits per heavy atom. The number of nitrogens with zero attached hydrogens (tertiary/aromatic N) is 3. The summed E-state index contributed by atoms with van der Waals surface area (Å²) in [6.45, 7) is 9.30. The van der Waals surface area contributed by atoms with Crippen LogP contribution in [0, 0.1) is 11.7 Å². The summed E-state index contributed by atoms with van der Waals surface area (Å²) < 4.78 is 42.2. The van der Waals surface area contributed by atoms with Crippen LogP contribution in [0.4, 0.5) is 4.39 Å². The number of aliphatic hydroxyl groups is 1. The Morgan fingerprint density at radius 3 is 2.78 bits per heavy atom. The van der Waals surface area contributed by atoms with E-state index in [0.29, 0.717) is 49.6 Å². The number of pyridine rings is 1. The highest BCUT2D eigenvalue weighted by Crippen LogP contribution is 2.50. The second-order valence-corrected chi connectivity index (χ2v) is 13.2. The first kappa shape index (κ1) is 26.8. The van der Waals surface area contributed by atoms with Crippen LogP contribution < -0.4 is 10.1 Å². The van der Waals surface area contributed by atoms with Gasteiger partial charge in [0.1, 0.15) is 0 Å². The molecule has 0 aromatic carbocycles. The molecule has 1 saturated heterocycles. The molecular formula is C25H37FN4O5S. The minimum Gasteiger partial charge on any atom is -0.478 e. The number of aromatic nitrogens is 3. The Kier molecular flexibility index (Phi) is 7.15. The first-order valence-corrected chi connectivity index (χ1v) is 14.3. The summed E-state index contributed by atoms with van der Waals surface area (Å²) in [5, 5.41) is 18.6. The average Bonchev–Trinajstić information content (AvgIpc) is 3.29. The lowest BCUT2D eigenvalue weighted by Crippen LogP contribution is -2.49. The van der Waals surface area contributed by atoms with Crippen LogP contribution in [0.1, 0.15) is 64.8 Å². The maximum Gasteiger partial charge on any atom is 0.223 e. The van der Waals surface area contributed by atoms with Gasteiger partial charge in [0.15, 0.2) is 5.82 Å². The van der Waals surface area contributed by atoms with E-state index in [2.05, 4.69) is 10.3 Å². The molecule has 2 aromatic heterocycles. The number of halogens is 1. The predicted octanol–water partition coefficient (Wildman–Crippen LogP) is 3.95. The number of fused-ring (bicyclic) bond motifs is 1. The summed E-state index contributed by atoms with van der Waals surface area (Å²) in [5.74, 6) is -0.259. The highest BCUT2D eigenvalue weighted by Gasteiger charge is 2.42. The molecule has 4 rings (SSSR count). The van der Waals surface area contributed by atoms with Crippen molar-refractivity contribution < 1.29 is 28.1 Å². The molecule has 200 valence electrons. The van der Waals surface area contributed by atoms with Crippen molar-refractivity contribution in [3.05, 3.63) is 29.3 Å². The average molecular weight is 525 g/mol. The molecule has 9 nitrogen and oxygen atoms in total. The normalized spacial score (nSPS) is 25.2. The van der Waals surface area contributed by atoms with Crippen LogP contribution in [0.5, 0.6) is 5.88 Å². The van der Waals surface area contributed by atoms with E-state index in [4.69, 9.17) is 9.84 Å². The number of hydrogen-bond donors (Lipinski definition) is 4. The van der Waals surface area contributed by atoms with Crippen molar-refractivity contribution in [3.8, 4) is 17.1 Å². The fourth-order valence-electron chi connectivity index (χ4n) is 5.07. The van der Waals surface area contributed by atoms with Crippen molar-refractivity contribution in [2.24, 2.45) is 5.92 Å². The molecule has 11 heteroatoms. The SMILES string of the molecule is CCOc1cc(-c2nn(C(C)C(C)(C)O)c3c2CC[C@@H](C(=O)NC2(C)CCS(O)(O)C2)C3)c(F)cn1. The molecule has 1 fully saturated rings. The van der Waals surface area contributed by atoms with Gasteiger partial charge in [-0.1, -0.05) is 0 Å². The monoisotopic (exact) mass is 524 g/mol. The fraction of sp³-hybridized carbons (Fsp3) is 0.640. The van der Waals surface area contributed by atoms with E-state index >= 15 is 0 Å². The lowest BCUT2D eigenvalue weighted by molar-refractivity contribution is -0.127. The molecule has 2 aromatic rings. The fourth-order valence-corrected chi connectivity index (χ4v) is 7.22. The van der Waals surface area contributed by atoms with Crippen LogP contribution in [0.15, 0.2) is 12.3 Å². The van der Waals surface area contributed by atoms with E-state index in [0.717, 1.165) is 17.5 Å². The quantitative estimate of drug-likeness (QED) is 0.432. The zero-order chi connectivity index (χ0) is 26.5. The van der Waals surface area contributed by atoms with Crippen molar-refractivity contribution in [1.82, 2.24) is 20.1 Å². The summed E-state index contributed by atoms with van der Waals surface area (Å²) in [4.78, 5) is 17.3. The lowest BCUT2D eigenvalue weighted by atomic mass is 9.84. The van der Waals surface area contributed by atoms with Gasteiger partial charge in [-0.15, -0.1) is 0 Å². The number of hydrogen-bond acceptors (Lipinski definition) is 7. The summed E-state index contributed by atoms with van der Waals surface area (Å²) >= 11 is 0. The number of nitrogens with one attached hydrogen (secondary N) is 1. The number of carbonyl (C=O) groups is 1. The molecule has 1 amide bonds. The van der Waals surface area contributed by atoms with Gasteiger partial charge in [-0.25, -0.2) is 9.37 Å². The summed E-state index contributed by atoms with van der Waals surface area (Å²) in [7, 11) is -2.66. The molecule has 3 heterocycles. The first-order valence-electron chi connectivity index (χ1n) is 12.4. The molecule has 1 aliphatic heterocycles. The number of ether oxygens (including phenoxy) is 1. The molecule has 0 radical (unpaired) electrons. The molecule has 36 heavy (non-hydrogen) atoms. The summed E-state index contributed by atoms with van der Waals surface area (Å²) in [6, 6.07) is 1.11. The van der Waals surface area contributed by atoms with E-state index in [9.17, 15) is 23.4 Å². The Bertz CT molecular complexity index is 1150. The standard InChI is InChI=1S/C25H37FN4O5S/c1-6-35-21-12-18(19(26)13-27-21)22-17-8-7-16(11-20(17)30(29-22)15(2)24(3,4)32)23(31)28-25(5)9-10-36(33,34)14-25/h12-13,15-16,32-34H,6-11,14H2,1-5H3,(H,28,31)/t15?,16-,25?/m1/s1. The summed E-state index contributed by atoms with van der Waals surface area (Å²) in [6.07, 6.45) is 3.08. The van der Waals surface area contributed by atoms with Gasteiger partial charge in [0, 0.05) is 41.0 Å². The second kappa shape index (κ2) is 9.59. The van der Waals surface area contributed by atoms with E-state index in [1.54, 1.807) is 24.6 Å². The third-order valence-electron chi connectivity index (χ3n) is 7.39. The van der Waals surface area contributed by atoms with Crippen LogP contribution in [0.25, 0.3) is 11.3 Å². The highest BCUT2D eigenvalue weighted by atomic mass is 32.3. The van der Waals surface area contributed by atoms with Crippen molar-refractivity contribution in [2.75, 3.05) is 18.1 Å². The molecule has 0 bridgehead atoms. The van der Waals surface area contributed by atoms with Crippen molar-refractivity contribution in [1.29, 1.82) is 0 Å². The highest BCUT2D eigenvalue weighted by molar-refractivity contribution is 8.24. The number of carbonyl (C=O) groups excluding carboxylic acids is 1. The van der Waals surface area contributed by atoms with Crippen LogP contribution in [0.3, 0.4) is 0 Å². The first-order chi connectivity index (χ1) is 16.7. The molecular weight excluding hydrogens is 487 g/mol. The predicted molar refractivity (Wildman–Crippen MR) is 137 cm³/mol. The van der Waals surface area contributed by atoms with Gasteiger partial charge in [-0.2, -0.15) is 15.7 Å². The third kappa shape index (κ3) is 5.39. The Balaban J connectivity index is 1.68. The van der Waals surface area contributed by atoms with E-state index in [1.165, 1.54) is 0 Å². The van der Waals surface area contributed by atoms with Gasteiger partial charge in [0.05, 0.1) is 41.4 Å². The van der Waals surface area contributed by atoms with Gasteiger partial charge >= 0.3 is 0 Å². The molecule has 3 atom stereocenters. The second-order valence-electron chi connectivity index (χ2n) is 10.9. The Morgan fingerprint density at radius 1 is 1.44 bits per heavy atom. The molecule has 0 saturated carbocycles. The van der Waals surface area contributed by atoms with E-state index < -0.39 is 33.6 Å². The maximum absolute atomic E-state index is 14.9. The van der Waals surface area contributed by atoms with Crippen molar-refractivity contribution in [2.45, 2.75) is 77.5 Å². The van der Waals surface area contributed by atoms with E-state index in [1.807, 2.05) is 20.8 Å². The number of rotatable bonds is 7. The van der Waals surface area contributed by atoms with Crippen LogP contribution >= 0.6 is 10.6 Å². The number of amides is 1. The smallest absolute Gasteiger partial charge is 0.223 e. The van der Waals surface area contributed by atoms with Gasteiger partial charge in [-0.05, 0) is 53.9 Å². The molecule has 1 aliphatic carbocycles. The molecule has 4 N–H and O–H groups in total. The Labute approximate surface area is 212 Å². The van der Waals surface area contributed by atoms with Gasteiger partial charge < -0.3 is 15.2 Å². The topological polar surface area (TPSA) is 130 Å². The molecule has 2 aliphatic rings. The zero-order valence-electron chi connectivity index (χ0n) is 21.5. The minimum atomic E-state index is -2.66. The van der Waals surface area contributed by atoms with Crippen LogP contribution in [-0.2, 0) is 17.6 Å². The Hall–Kier alpha value is -2.21. The van der Waals surface area contributed by atoms with Gasteiger partial charge in [0.25, 0.3) is 0 Å². The maximum atomic E-state index is 14.9. The minimum absolute atomic E-state index is 0.140. The largest absolute Gasteiger partial charge is 0.478 e. The van der Waals surface area contributed by atoms with Crippen molar-refractivity contribution in [3.63, 3.8) is 0 Å². The van der Waals surface area contributed by atoms with Gasteiger partial charge in [-0.3, -0.25) is 18.6 Å². The van der Waals surface area contributed by atoms with Crippen molar-refractivity contribution >= 4 is 16.5 Å². The van der Waals surface area contributed by atoms with Crippen LogP contribution in [0.2, 0.25) is 0 Å². The molecule has 2 unspecified atom stereocenters. The van der Waals surface area contributed by atoms with Gasteiger partial charge in [0.2, 0.25) is 11.8 Å².